The first-order chi connectivity index (χ1) is 17.0. The van der Waals surface area contributed by atoms with Crippen molar-refractivity contribution in [3.8, 4) is 16.9 Å². The molecule has 0 saturated carbocycles. The number of anilines is 1. The van der Waals surface area contributed by atoms with Gasteiger partial charge in [0.15, 0.2) is 6.61 Å². The first kappa shape index (κ1) is 22.9. The van der Waals surface area contributed by atoms with Crippen LogP contribution in [-0.2, 0) is 4.79 Å². The monoisotopic (exact) mass is 490 g/mol. The number of ether oxygens (including phenoxy) is 1. The number of carbonyl (C=O) groups excluding carboxylic acids is 1. The summed E-state index contributed by atoms with van der Waals surface area (Å²) in [7, 11) is 0. The number of aryl methyl sites for hydroxylation is 1. The van der Waals surface area contributed by atoms with Crippen LogP contribution in [0.3, 0.4) is 0 Å². The molecular weight excluding hydrogens is 468 g/mol. The number of hydrogen-bond acceptors (Lipinski definition) is 7. The molecule has 5 rings (SSSR count). The molecule has 2 aromatic heterocycles. The summed E-state index contributed by atoms with van der Waals surface area (Å²) in [6, 6.07) is 13.8. The van der Waals surface area contributed by atoms with Gasteiger partial charge in [0, 0.05) is 49.7 Å². The van der Waals surface area contributed by atoms with E-state index in [1.807, 2.05) is 0 Å². The van der Waals surface area contributed by atoms with Crippen molar-refractivity contribution in [3.05, 3.63) is 81.9 Å². The molecule has 0 radical (unpaired) electrons. The van der Waals surface area contributed by atoms with Gasteiger partial charge in [0.1, 0.15) is 17.1 Å². The molecule has 0 atom stereocenters. The van der Waals surface area contributed by atoms with Crippen LogP contribution in [0.1, 0.15) is 5.76 Å². The van der Waals surface area contributed by atoms with Gasteiger partial charge in [-0.1, -0.05) is 23.7 Å². The summed E-state index contributed by atoms with van der Waals surface area (Å²) < 4.78 is 11.7. The molecule has 4 aromatic rings. The minimum absolute atomic E-state index is 0.0978. The quantitative estimate of drug-likeness (QED) is 0.418. The van der Waals surface area contributed by atoms with Gasteiger partial charge in [-0.2, -0.15) is 0 Å². The fourth-order valence-corrected chi connectivity index (χ4v) is 4.30. The standard InChI is InChI=1S/C26H23ClN4O4/c1-17-24(18-3-5-19(27)6-4-18)25(33)21-8-7-20(15-22(21)35-17)34-16-23(32)30-11-13-31(14-12-30)26-28-9-2-10-29-26/h2-10,15H,11-14,16H2,1H3. The van der Waals surface area contributed by atoms with Gasteiger partial charge in [0.25, 0.3) is 5.91 Å². The zero-order chi connectivity index (χ0) is 24.4. The molecule has 8 nitrogen and oxygen atoms in total. The number of halogens is 1. The molecule has 0 bridgehead atoms. The largest absolute Gasteiger partial charge is 0.484 e. The van der Waals surface area contributed by atoms with Gasteiger partial charge in [-0.15, -0.1) is 0 Å². The summed E-state index contributed by atoms with van der Waals surface area (Å²) in [6.07, 6.45) is 3.42. The lowest BCUT2D eigenvalue weighted by Gasteiger charge is -2.34. The number of piperazine rings is 1. The van der Waals surface area contributed by atoms with E-state index in [1.165, 1.54) is 0 Å². The molecule has 3 heterocycles. The fourth-order valence-electron chi connectivity index (χ4n) is 4.17. The number of hydrogen-bond donors (Lipinski definition) is 0. The minimum Gasteiger partial charge on any atom is -0.484 e. The number of amides is 1. The smallest absolute Gasteiger partial charge is 0.260 e. The maximum Gasteiger partial charge on any atom is 0.260 e. The van der Waals surface area contributed by atoms with Crippen molar-refractivity contribution in [1.29, 1.82) is 0 Å². The Morgan fingerprint density at radius 2 is 1.77 bits per heavy atom. The van der Waals surface area contributed by atoms with Gasteiger partial charge in [-0.05, 0) is 42.8 Å². The predicted octanol–water partition coefficient (Wildman–Crippen LogP) is 3.94. The molecule has 1 fully saturated rings. The Balaban J connectivity index is 1.25. The first-order valence-electron chi connectivity index (χ1n) is 11.3. The van der Waals surface area contributed by atoms with E-state index in [4.69, 9.17) is 20.8 Å². The van der Waals surface area contributed by atoms with Gasteiger partial charge in [-0.3, -0.25) is 9.59 Å². The van der Waals surface area contributed by atoms with Crippen molar-refractivity contribution in [1.82, 2.24) is 14.9 Å². The Morgan fingerprint density at radius 3 is 2.49 bits per heavy atom. The van der Waals surface area contributed by atoms with E-state index in [0.29, 0.717) is 65.2 Å². The van der Waals surface area contributed by atoms with Crippen molar-refractivity contribution in [2.24, 2.45) is 0 Å². The lowest BCUT2D eigenvalue weighted by molar-refractivity contribution is -0.133. The summed E-state index contributed by atoms with van der Waals surface area (Å²) in [6.45, 7) is 4.11. The highest BCUT2D eigenvalue weighted by molar-refractivity contribution is 6.30. The van der Waals surface area contributed by atoms with Crippen molar-refractivity contribution in [3.63, 3.8) is 0 Å². The van der Waals surface area contributed by atoms with Crippen LogP contribution in [0.15, 0.2) is 70.1 Å². The van der Waals surface area contributed by atoms with Gasteiger partial charge in [0.2, 0.25) is 11.4 Å². The van der Waals surface area contributed by atoms with E-state index >= 15 is 0 Å². The molecule has 35 heavy (non-hydrogen) atoms. The Labute approximate surface area is 206 Å². The van der Waals surface area contributed by atoms with Crippen LogP contribution in [0.25, 0.3) is 22.1 Å². The Bertz CT molecular complexity index is 1420. The van der Waals surface area contributed by atoms with E-state index in [-0.39, 0.29) is 17.9 Å². The van der Waals surface area contributed by atoms with Crippen molar-refractivity contribution < 1.29 is 13.9 Å². The third kappa shape index (κ3) is 4.83. The van der Waals surface area contributed by atoms with Crippen LogP contribution in [-0.4, -0.2) is 53.6 Å². The highest BCUT2D eigenvalue weighted by Gasteiger charge is 2.23. The summed E-state index contributed by atoms with van der Waals surface area (Å²) in [5.74, 6) is 1.53. The Morgan fingerprint density at radius 1 is 1.06 bits per heavy atom. The molecule has 178 valence electrons. The maximum atomic E-state index is 13.1. The first-order valence-corrected chi connectivity index (χ1v) is 11.6. The fraction of sp³-hybridized carbons (Fsp3) is 0.231. The number of carbonyl (C=O) groups is 1. The molecule has 2 aromatic carbocycles. The van der Waals surface area contributed by atoms with Crippen molar-refractivity contribution >= 4 is 34.4 Å². The van der Waals surface area contributed by atoms with Crippen LogP contribution in [0, 0.1) is 6.92 Å². The predicted molar refractivity (Wildman–Crippen MR) is 134 cm³/mol. The zero-order valence-electron chi connectivity index (χ0n) is 19.1. The topological polar surface area (TPSA) is 88.8 Å². The number of nitrogens with zero attached hydrogens (tertiary/aromatic N) is 4. The van der Waals surface area contributed by atoms with Gasteiger partial charge >= 0.3 is 0 Å². The van der Waals surface area contributed by atoms with Crippen molar-refractivity contribution in [2.75, 3.05) is 37.7 Å². The van der Waals surface area contributed by atoms with Gasteiger partial charge in [-0.25, -0.2) is 9.97 Å². The Hall–Kier alpha value is -3.91. The molecule has 0 spiro atoms. The van der Waals surface area contributed by atoms with E-state index in [2.05, 4.69) is 14.9 Å². The van der Waals surface area contributed by atoms with Gasteiger partial charge < -0.3 is 19.0 Å². The van der Waals surface area contributed by atoms with Crippen LogP contribution >= 0.6 is 11.6 Å². The third-order valence-corrected chi connectivity index (χ3v) is 6.25. The van der Waals surface area contributed by atoms with E-state index in [0.717, 1.165) is 5.56 Å². The van der Waals surface area contributed by atoms with Crippen LogP contribution in [0.2, 0.25) is 5.02 Å². The third-order valence-electron chi connectivity index (χ3n) is 6.00. The number of fused-ring (bicyclic) bond motifs is 1. The molecular formula is C26H23ClN4O4. The SMILES string of the molecule is Cc1oc2cc(OCC(=O)N3CCN(c4ncccn4)CC3)ccc2c(=O)c1-c1ccc(Cl)cc1. The number of aromatic nitrogens is 2. The lowest BCUT2D eigenvalue weighted by atomic mass is 10.0. The molecule has 1 aliphatic rings. The second-order valence-electron chi connectivity index (χ2n) is 8.23. The second-order valence-corrected chi connectivity index (χ2v) is 8.67. The maximum absolute atomic E-state index is 13.1. The highest BCUT2D eigenvalue weighted by atomic mass is 35.5. The zero-order valence-corrected chi connectivity index (χ0v) is 19.9. The molecule has 1 amide bonds. The molecule has 0 unspecified atom stereocenters. The van der Waals surface area contributed by atoms with Gasteiger partial charge in [0.05, 0.1) is 10.9 Å². The molecule has 0 aliphatic carbocycles. The average Bonchev–Trinajstić information content (AvgIpc) is 2.89. The van der Waals surface area contributed by atoms with Crippen molar-refractivity contribution in [2.45, 2.75) is 6.92 Å². The van der Waals surface area contributed by atoms with Crippen LogP contribution in [0.5, 0.6) is 5.75 Å². The summed E-state index contributed by atoms with van der Waals surface area (Å²) in [5, 5.41) is 1.04. The van der Waals surface area contributed by atoms with E-state index in [9.17, 15) is 9.59 Å². The molecule has 1 saturated heterocycles. The summed E-state index contributed by atoms with van der Waals surface area (Å²) >= 11 is 5.97. The van der Waals surface area contributed by atoms with E-state index < -0.39 is 0 Å². The minimum atomic E-state index is -0.131. The summed E-state index contributed by atoms with van der Waals surface area (Å²) in [5.41, 5.74) is 1.52. The molecule has 1 aliphatic heterocycles. The Kier molecular flexibility index (Phi) is 6.37. The number of benzene rings is 2. The van der Waals surface area contributed by atoms with Crippen LogP contribution in [0.4, 0.5) is 5.95 Å². The molecule has 9 heteroatoms. The number of rotatable bonds is 5. The summed E-state index contributed by atoms with van der Waals surface area (Å²) in [4.78, 5) is 38.2. The van der Waals surface area contributed by atoms with E-state index in [1.54, 1.807) is 72.7 Å². The average molecular weight is 491 g/mol. The highest BCUT2D eigenvalue weighted by Crippen LogP contribution is 2.27. The second kappa shape index (κ2) is 9.76. The molecule has 0 N–H and O–H groups in total. The normalized spacial score (nSPS) is 13.8. The van der Waals surface area contributed by atoms with Crippen LogP contribution < -0.4 is 15.1 Å². The lowest BCUT2D eigenvalue weighted by Crippen LogP contribution is -2.50.